The van der Waals surface area contributed by atoms with E-state index in [0.717, 1.165) is 62.3 Å². The summed E-state index contributed by atoms with van der Waals surface area (Å²) in [6, 6.07) is 9.30. The van der Waals surface area contributed by atoms with Gasteiger partial charge in [-0.3, -0.25) is 9.78 Å². The second-order valence-corrected chi connectivity index (χ2v) is 19.7. The minimum absolute atomic E-state index is 0.0900. The summed E-state index contributed by atoms with van der Waals surface area (Å²) in [6.45, 7) is 42.5. The molecule has 0 saturated heterocycles. The first-order valence-corrected chi connectivity index (χ1v) is 25.9. The van der Waals surface area contributed by atoms with E-state index < -0.39 is 0 Å². The second-order valence-electron chi connectivity index (χ2n) is 18.7. The number of pyridine rings is 1. The predicted molar refractivity (Wildman–Crippen MR) is 282 cm³/mol. The Morgan fingerprint density at radius 2 is 1.59 bits per heavy atom. The number of benzene rings is 1. The summed E-state index contributed by atoms with van der Waals surface area (Å²) in [6.07, 6.45) is 16.0. The molecule has 0 spiro atoms. The van der Waals surface area contributed by atoms with E-state index in [0.29, 0.717) is 23.5 Å². The zero-order chi connectivity index (χ0) is 48.3. The Morgan fingerprint density at radius 1 is 0.952 bits per heavy atom. The van der Waals surface area contributed by atoms with Crippen LogP contribution in [0.1, 0.15) is 214 Å². The molecule has 0 aliphatic heterocycles. The number of aryl methyl sites for hydroxylation is 2. The van der Waals surface area contributed by atoms with Crippen molar-refractivity contribution >= 4 is 28.3 Å². The molecule has 0 radical (unpaired) electrons. The van der Waals surface area contributed by atoms with Crippen molar-refractivity contribution in [1.82, 2.24) is 15.3 Å². The number of allylic oxidation sites excluding steroid dienone is 3. The van der Waals surface area contributed by atoms with E-state index in [1.165, 1.54) is 88.2 Å². The number of rotatable bonds is 21. The lowest BCUT2D eigenvalue weighted by atomic mass is 9.74. The number of aromatic nitrogens is 2. The van der Waals surface area contributed by atoms with Crippen molar-refractivity contribution in [3.8, 4) is 11.3 Å². The van der Waals surface area contributed by atoms with Crippen LogP contribution < -0.4 is 5.32 Å². The highest BCUT2D eigenvalue weighted by Gasteiger charge is 2.28. The maximum absolute atomic E-state index is 10.2. The molecule has 1 aromatic carbocycles. The van der Waals surface area contributed by atoms with Gasteiger partial charge in [-0.25, -0.2) is 4.98 Å². The van der Waals surface area contributed by atoms with Crippen molar-refractivity contribution in [3.05, 3.63) is 80.9 Å². The van der Waals surface area contributed by atoms with Crippen LogP contribution >= 0.6 is 11.3 Å². The molecule has 4 atom stereocenters. The fourth-order valence-electron chi connectivity index (χ4n) is 6.80. The molecule has 4 unspecified atom stereocenters. The van der Waals surface area contributed by atoms with Crippen LogP contribution in [-0.4, -0.2) is 36.5 Å². The molecule has 1 N–H and O–H groups in total. The van der Waals surface area contributed by atoms with Crippen LogP contribution in [-0.2, 0) is 22.4 Å². The van der Waals surface area contributed by atoms with Crippen molar-refractivity contribution < 1.29 is 9.53 Å². The molecular formula is C57H97N3O2S. The van der Waals surface area contributed by atoms with Crippen LogP contribution in [0.4, 0.5) is 0 Å². The zero-order valence-electron chi connectivity index (χ0n) is 44.4. The Balaban J connectivity index is 0.00000150. The summed E-state index contributed by atoms with van der Waals surface area (Å²) in [7, 11) is 3.80. The molecule has 63 heavy (non-hydrogen) atoms. The summed E-state index contributed by atoms with van der Waals surface area (Å²) >= 11 is 1.76. The number of unbranched alkanes of at least 4 members (excludes halogenated alkanes) is 1. The van der Waals surface area contributed by atoms with Crippen LogP contribution in [0, 0.1) is 36.0 Å². The monoisotopic (exact) mass is 888 g/mol. The number of nitrogens with zero attached hydrogens (tertiary/aromatic N) is 2. The van der Waals surface area contributed by atoms with E-state index in [9.17, 15) is 4.79 Å². The van der Waals surface area contributed by atoms with Gasteiger partial charge in [0.15, 0.2) is 0 Å². The Labute approximate surface area is 394 Å². The van der Waals surface area contributed by atoms with Crippen molar-refractivity contribution in [2.24, 2.45) is 29.1 Å². The van der Waals surface area contributed by atoms with E-state index in [2.05, 4.69) is 138 Å². The number of ether oxygens (including phenoxy) is 1. The predicted octanol–water partition coefficient (Wildman–Crippen LogP) is 17.2. The van der Waals surface area contributed by atoms with E-state index in [4.69, 9.17) is 14.7 Å². The first-order valence-electron chi connectivity index (χ1n) is 25.0. The number of Topliss-reactive ketones (excluding diaryl/α,β-unsaturated/α-hetero) is 1. The topological polar surface area (TPSA) is 64.1 Å². The third-order valence-electron chi connectivity index (χ3n) is 12.4. The minimum Gasteiger partial charge on any atom is -0.375 e. The molecule has 5 nitrogen and oxygen atoms in total. The van der Waals surface area contributed by atoms with Gasteiger partial charge in [0, 0.05) is 42.2 Å². The summed E-state index contributed by atoms with van der Waals surface area (Å²) in [4.78, 5) is 20.3. The molecule has 3 aromatic rings. The largest absolute Gasteiger partial charge is 0.375 e. The minimum atomic E-state index is -0.0900. The molecule has 0 bridgehead atoms. The summed E-state index contributed by atoms with van der Waals surface area (Å²) in [5.74, 6) is 2.55. The van der Waals surface area contributed by atoms with Gasteiger partial charge in [0.2, 0.25) is 0 Å². The van der Waals surface area contributed by atoms with E-state index >= 15 is 0 Å². The van der Waals surface area contributed by atoms with Crippen molar-refractivity contribution in [2.75, 3.05) is 20.7 Å². The van der Waals surface area contributed by atoms with Gasteiger partial charge in [-0.15, -0.1) is 11.3 Å². The summed E-state index contributed by atoms with van der Waals surface area (Å²) < 4.78 is 5.87. The molecule has 2 aromatic heterocycles. The number of hydrogen-bond donors (Lipinski definition) is 1. The number of carbonyl (C=O) groups excluding carboxylic acids is 1. The number of nitrogens with one attached hydrogen (secondary N) is 1. The summed E-state index contributed by atoms with van der Waals surface area (Å²) in [5, 5.41) is 6.55. The molecule has 1 aliphatic rings. The van der Waals surface area contributed by atoms with Crippen molar-refractivity contribution in [1.29, 1.82) is 0 Å². The highest BCUT2D eigenvalue weighted by Crippen LogP contribution is 2.45. The lowest BCUT2D eigenvalue weighted by molar-refractivity contribution is -0.118. The third kappa shape index (κ3) is 22.2. The van der Waals surface area contributed by atoms with Gasteiger partial charge < -0.3 is 10.1 Å². The molecule has 6 heteroatoms. The average Bonchev–Trinajstić information content (AvgIpc) is 4.04. The zero-order valence-corrected chi connectivity index (χ0v) is 45.2. The van der Waals surface area contributed by atoms with Crippen LogP contribution in [0.2, 0.25) is 0 Å². The van der Waals surface area contributed by atoms with Gasteiger partial charge in [0.25, 0.3) is 0 Å². The first kappa shape index (κ1) is 60.1. The van der Waals surface area contributed by atoms with Gasteiger partial charge >= 0.3 is 0 Å². The molecule has 1 aliphatic carbocycles. The van der Waals surface area contributed by atoms with Crippen LogP contribution in [0.15, 0.2) is 48.0 Å². The van der Waals surface area contributed by atoms with Crippen molar-refractivity contribution in [2.45, 2.75) is 201 Å². The molecule has 2 heterocycles. The Hall–Kier alpha value is -2.93. The SMILES string of the molecule is C=C(C)C(C)Cc1nc(-c2ccc(C)c(/C(CC(C)(C)CC)=C(/c3cc(CC)cnc3C(C)OC)C(C)CC)c2)cs1.CC.CC(=O)C1CC1.CCC.CCC(C)CCCCNC. The van der Waals surface area contributed by atoms with Gasteiger partial charge in [-0.1, -0.05) is 146 Å². The number of thiazole rings is 1. The standard InChI is InChI=1S/C38H54N2OS.C9H21N.C5H8O.C3H8.C2H6/c1-13-25(6)36(32-19-29(14-2)22-39-37(32)28(9)41-12)33(21-38(10,11)15-3)31-20-30(17-16-26(31)7)34-23-42-35(40-34)18-27(8)24(4)5;1-4-9(2)7-5-6-8-10-3;1-4(6)5-2-3-5;1-3-2;1-2/h16-17,19-20,22-23,25,27-28H,4,13-15,18,21H2,1-3,5-12H3;9-10H,4-8H2,1-3H3;5H,2-3H2,1H3;3H2,1-2H3;1-2H3/b36-33+;;;;. The molecule has 1 saturated carbocycles. The summed E-state index contributed by atoms with van der Waals surface area (Å²) in [5.41, 5.74) is 12.6. The molecule has 1 fully saturated rings. The Morgan fingerprint density at radius 3 is 2.06 bits per heavy atom. The second kappa shape index (κ2) is 32.7. The molecule has 4 rings (SSSR count). The number of methoxy groups -OCH3 is 1. The van der Waals surface area contributed by atoms with Crippen molar-refractivity contribution in [3.63, 3.8) is 0 Å². The lowest BCUT2D eigenvalue weighted by Gasteiger charge is -2.31. The van der Waals surface area contributed by atoms with E-state index in [-0.39, 0.29) is 11.5 Å². The average molecular weight is 888 g/mol. The lowest BCUT2D eigenvalue weighted by Crippen LogP contribution is -2.15. The molecule has 0 amide bonds. The number of carbonyl (C=O) groups is 1. The fraction of sp³-hybridized carbons (Fsp3) is 0.667. The van der Waals surface area contributed by atoms with Gasteiger partial charge in [-0.2, -0.15) is 0 Å². The Kier molecular flexibility index (Phi) is 31.2. The maximum atomic E-state index is 10.2. The molecule has 358 valence electrons. The quantitative estimate of drug-likeness (QED) is 0.0853. The highest BCUT2D eigenvalue weighted by molar-refractivity contribution is 7.09. The highest BCUT2D eigenvalue weighted by atomic mass is 32.1. The number of hydrogen-bond acceptors (Lipinski definition) is 6. The normalized spacial score (nSPS) is 14.4. The smallest absolute Gasteiger partial charge is 0.132 e. The Bertz CT molecular complexity index is 1750. The maximum Gasteiger partial charge on any atom is 0.132 e. The van der Waals surface area contributed by atoms with Crippen LogP contribution in [0.5, 0.6) is 0 Å². The van der Waals surface area contributed by atoms with E-state index in [1.807, 2.05) is 27.1 Å². The van der Waals surface area contributed by atoms with Crippen LogP contribution in [0.25, 0.3) is 22.4 Å². The van der Waals surface area contributed by atoms with Gasteiger partial charge in [0.1, 0.15) is 5.78 Å². The van der Waals surface area contributed by atoms with Gasteiger partial charge in [-0.05, 0) is 143 Å². The van der Waals surface area contributed by atoms with E-state index in [1.54, 1.807) is 25.4 Å². The molecular weight excluding hydrogens is 791 g/mol. The van der Waals surface area contributed by atoms with Crippen LogP contribution in [0.3, 0.4) is 0 Å². The first-order chi connectivity index (χ1) is 29.9. The number of ketones is 1. The van der Waals surface area contributed by atoms with Gasteiger partial charge in [0.05, 0.1) is 22.5 Å². The third-order valence-corrected chi connectivity index (χ3v) is 13.3. The fourth-order valence-corrected chi connectivity index (χ4v) is 7.73.